The molecule has 1 heterocycles. The van der Waals surface area contributed by atoms with Gasteiger partial charge >= 0.3 is 5.97 Å². The normalized spacial score (nSPS) is 11.1. The van der Waals surface area contributed by atoms with Crippen molar-refractivity contribution in [2.24, 2.45) is 0 Å². The highest BCUT2D eigenvalue weighted by Gasteiger charge is 2.24. The number of aromatic nitrogens is 2. The minimum atomic E-state index is -4.10. The molecular weight excluding hydrogens is 392 g/mol. The van der Waals surface area contributed by atoms with Gasteiger partial charge in [-0.15, -0.1) is 0 Å². The molecule has 2 aromatic rings. The van der Waals surface area contributed by atoms with E-state index < -0.39 is 50.5 Å². The predicted molar refractivity (Wildman–Crippen MR) is 93.3 cm³/mol. The van der Waals surface area contributed by atoms with Gasteiger partial charge < -0.3 is 19.4 Å². The summed E-state index contributed by atoms with van der Waals surface area (Å²) in [6, 6.07) is 8.58. The summed E-state index contributed by atoms with van der Waals surface area (Å²) < 4.78 is 34.5. The standard InChI is InChI=1S/C17H18N2O8S/c1-26-12(20)8-9-19-15(21)14(27-10-11-6-4-3-5-7-11)13(16(22)23)18-17(19)28(2,24)25/h3-7H,8-10H2,1-2H3,(H,22,23)/p-1. The van der Waals surface area contributed by atoms with E-state index in [1.807, 2.05) is 0 Å². The van der Waals surface area contributed by atoms with Gasteiger partial charge in [0.15, 0.2) is 0 Å². The van der Waals surface area contributed by atoms with Gasteiger partial charge in [-0.3, -0.25) is 14.2 Å². The molecule has 0 atom stereocenters. The van der Waals surface area contributed by atoms with E-state index in [4.69, 9.17) is 4.74 Å². The molecule has 2 rings (SSSR count). The summed E-state index contributed by atoms with van der Waals surface area (Å²) >= 11 is 0. The maximum absolute atomic E-state index is 12.8. The highest BCUT2D eigenvalue weighted by atomic mass is 32.2. The van der Waals surface area contributed by atoms with Gasteiger partial charge in [-0.2, -0.15) is 0 Å². The summed E-state index contributed by atoms with van der Waals surface area (Å²) in [6.07, 6.45) is 0.427. The molecule has 1 aromatic carbocycles. The third-order valence-corrected chi connectivity index (χ3v) is 4.59. The molecule has 0 aliphatic rings. The lowest BCUT2D eigenvalue weighted by Crippen LogP contribution is -2.35. The molecule has 0 saturated heterocycles. The molecule has 0 bridgehead atoms. The summed E-state index contributed by atoms with van der Waals surface area (Å²) in [5, 5.41) is 10.6. The Hall–Kier alpha value is -3.21. The Morgan fingerprint density at radius 1 is 1.21 bits per heavy atom. The van der Waals surface area contributed by atoms with E-state index in [0.29, 0.717) is 10.1 Å². The third-order valence-electron chi connectivity index (χ3n) is 3.61. The second kappa shape index (κ2) is 8.65. The highest BCUT2D eigenvalue weighted by molar-refractivity contribution is 7.90. The molecular formula is C17H17N2O8S-. The SMILES string of the molecule is COC(=O)CCn1c(S(C)(=O)=O)nc(C(=O)[O-])c(OCc2ccccc2)c1=O. The van der Waals surface area contributed by atoms with E-state index in [2.05, 4.69) is 9.72 Å². The number of hydrogen-bond acceptors (Lipinski definition) is 9. The number of nitrogens with zero attached hydrogens (tertiary/aromatic N) is 2. The number of carboxylic acid groups (broad SMARTS) is 1. The number of benzene rings is 1. The van der Waals surface area contributed by atoms with Gasteiger partial charge in [0, 0.05) is 12.8 Å². The molecule has 0 N–H and O–H groups in total. The summed E-state index contributed by atoms with van der Waals surface area (Å²) in [7, 11) is -2.96. The second-order valence-electron chi connectivity index (χ2n) is 5.69. The topological polar surface area (TPSA) is 145 Å². The van der Waals surface area contributed by atoms with Crippen LogP contribution in [-0.4, -0.2) is 43.3 Å². The first-order chi connectivity index (χ1) is 13.1. The van der Waals surface area contributed by atoms with Crippen LogP contribution in [0.5, 0.6) is 5.75 Å². The largest absolute Gasteiger partial charge is 0.543 e. The van der Waals surface area contributed by atoms with Crippen molar-refractivity contribution in [3.05, 3.63) is 51.9 Å². The van der Waals surface area contributed by atoms with Gasteiger partial charge in [-0.25, -0.2) is 13.4 Å². The maximum Gasteiger partial charge on any atom is 0.307 e. The number of aromatic carboxylic acids is 1. The van der Waals surface area contributed by atoms with Crippen LogP contribution in [-0.2, 0) is 32.5 Å². The van der Waals surface area contributed by atoms with Gasteiger partial charge in [0.1, 0.15) is 12.3 Å². The molecule has 0 spiro atoms. The van der Waals surface area contributed by atoms with Crippen LogP contribution in [0.2, 0.25) is 0 Å². The van der Waals surface area contributed by atoms with Crippen molar-refractivity contribution in [1.29, 1.82) is 0 Å². The van der Waals surface area contributed by atoms with Crippen LogP contribution in [0.25, 0.3) is 0 Å². The van der Waals surface area contributed by atoms with E-state index in [1.54, 1.807) is 30.3 Å². The Balaban J connectivity index is 2.57. The van der Waals surface area contributed by atoms with Crippen molar-refractivity contribution in [1.82, 2.24) is 9.55 Å². The zero-order chi connectivity index (χ0) is 20.9. The molecule has 0 amide bonds. The average molecular weight is 409 g/mol. The third kappa shape index (κ3) is 4.94. The number of carboxylic acids is 1. The number of carbonyl (C=O) groups excluding carboxylic acids is 2. The Kier molecular flexibility index (Phi) is 6.52. The first-order valence-corrected chi connectivity index (χ1v) is 9.84. The van der Waals surface area contributed by atoms with E-state index in [-0.39, 0.29) is 13.0 Å². The van der Waals surface area contributed by atoms with Crippen LogP contribution in [0.15, 0.2) is 40.3 Å². The Bertz CT molecular complexity index is 1040. The van der Waals surface area contributed by atoms with Gasteiger partial charge in [0.2, 0.25) is 20.7 Å². The fraction of sp³-hybridized carbons (Fsp3) is 0.294. The molecule has 150 valence electrons. The molecule has 10 nitrogen and oxygen atoms in total. The Labute approximate surface area is 160 Å². The first-order valence-electron chi connectivity index (χ1n) is 7.95. The zero-order valence-electron chi connectivity index (χ0n) is 15.1. The molecule has 1 aromatic heterocycles. The van der Waals surface area contributed by atoms with Crippen molar-refractivity contribution in [3.8, 4) is 5.75 Å². The van der Waals surface area contributed by atoms with E-state index in [1.165, 1.54) is 0 Å². The maximum atomic E-state index is 12.8. The van der Waals surface area contributed by atoms with Crippen LogP contribution in [0.1, 0.15) is 22.5 Å². The lowest BCUT2D eigenvalue weighted by Gasteiger charge is -2.16. The lowest BCUT2D eigenvalue weighted by molar-refractivity contribution is -0.255. The van der Waals surface area contributed by atoms with Gasteiger partial charge in [0.25, 0.3) is 5.56 Å². The minimum Gasteiger partial charge on any atom is -0.543 e. The fourth-order valence-corrected chi connectivity index (χ4v) is 3.13. The summed E-state index contributed by atoms with van der Waals surface area (Å²) in [5.74, 6) is -3.24. The van der Waals surface area contributed by atoms with Crippen molar-refractivity contribution < 1.29 is 32.6 Å². The summed E-state index contributed by atoms with van der Waals surface area (Å²) in [4.78, 5) is 39.1. The van der Waals surface area contributed by atoms with Crippen molar-refractivity contribution in [2.45, 2.75) is 24.7 Å². The van der Waals surface area contributed by atoms with E-state index >= 15 is 0 Å². The van der Waals surface area contributed by atoms with Crippen molar-refractivity contribution >= 4 is 21.8 Å². The number of hydrogen-bond donors (Lipinski definition) is 0. The molecule has 0 saturated carbocycles. The van der Waals surface area contributed by atoms with Crippen LogP contribution < -0.4 is 15.4 Å². The van der Waals surface area contributed by atoms with Gasteiger partial charge in [0.05, 0.1) is 19.5 Å². The zero-order valence-corrected chi connectivity index (χ0v) is 15.9. The first kappa shape index (κ1) is 21.1. The van der Waals surface area contributed by atoms with Crippen LogP contribution >= 0.6 is 0 Å². The Morgan fingerprint density at radius 3 is 2.39 bits per heavy atom. The van der Waals surface area contributed by atoms with Gasteiger partial charge in [-0.1, -0.05) is 30.3 Å². The highest BCUT2D eigenvalue weighted by Crippen LogP contribution is 2.16. The number of rotatable bonds is 8. The lowest BCUT2D eigenvalue weighted by atomic mass is 10.2. The van der Waals surface area contributed by atoms with Crippen molar-refractivity contribution in [2.75, 3.05) is 13.4 Å². The summed E-state index contributed by atoms with van der Waals surface area (Å²) in [5.41, 5.74) is -1.36. The number of methoxy groups -OCH3 is 1. The minimum absolute atomic E-state index is 0.159. The smallest absolute Gasteiger partial charge is 0.307 e. The average Bonchev–Trinajstić information content (AvgIpc) is 2.64. The number of sulfone groups is 1. The predicted octanol–water partition coefficient (Wildman–Crippen LogP) is -0.848. The van der Waals surface area contributed by atoms with Crippen LogP contribution in [0.3, 0.4) is 0 Å². The molecule has 0 aliphatic heterocycles. The monoisotopic (exact) mass is 409 g/mol. The quantitative estimate of drug-likeness (QED) is 0.402. The molecule has 0 aliphatic carbocycles. The fourth-order valence-electron chi connectivity index (χ4n) is 2.30. The number of carbonyl (C=O) groups is 2. The molecule has 11 heteroatoms. The summed E-state index contributed by atoms with van der Waals surface area (Å²) in [6.45, 7) is -0.552. The van der Waals surface area contributed by atoms with Crippen LogP contribution in [0, 0.1) is 0 Å². The molecule has 0 unspecified atom stereocenters. The second-order valence-corrected chi connectivity index (χ2v) is 7.60. The molecule has 0 fully saturated rings. The molecule has 28 heavy (non-hydrogen) atoms. The molecule has 0 radical (unpaired) electrons. The van der Waals surface area contributed by atoms with Gasteiger partial charge in [-0.05, 0) is 5.56 Å². The van der Waals surface area contributed by atoms with E-state index in [0.717, 1.165) is 13.4 Å². The van der Waals surface area contributed by atoms with E-state index in [9.17, 15) is 27.9 Å². The number of esters is 1. The number of ether oxygens (including phenoxy) is 2. The van der Waals surface area contributed by atoms with Crippen molar-refractivity contribution in [3.63, 3.8) is 0 Å². The Morgan fingerprint density at radius 2 is 1.86 bits per heavy atom. The van der Waals surface area contributed by atoms with Crippen LogP contribution in [0.4, 0.5) is 0 Å².